The van der Waals surface area contributed by atoms with Gasteiger partial charge in [-0.25, -0.2) is 4.39 Å². The van der Waals surface area contributed by atoms with Crippen molar-refractivity contribution < 1.29 is 18.7 Å². The molecular weight excluding hydrogens is 297 g/mol. The van der Waals surface area contributed by atoms with Crippen LogP contribution in [0.25, 0.3) is 0 Å². The molecule has 4 nitrogen and oxygen atoms in total. The van der Waals surface area contributed by atoms with Gasteiger partial charge in [-0.1, -0.05) is 25.1 Å². The Morgan fingerprint density at radius 1 is 1.09 bits per heavy atom. The Labute approximate surface area is 135 Å². The van der Waals surface area contributed by atoms with E-state index < -0.39 is 6.10 Å². The lowest BCUT2D eigenvalue weighted by molar-refractivity contribution is -0.128. The lowest BCUT2D eigenvalue weighted by atomic mass is 10.2. The fraction of sp³-hybridized carbons (Fsp3) is 0.278. The van der Waals surface area contributed by atoms with Gasteiger partial charge in [0.15, 0.2) is 6.10 Å². The predicted molar refractivity (Wildman–Crippen MR) is 86.1 cm³/mol. The van der Waals surface area contributed by atoms with Gasteiger partial charge in [-0.05, 0) is 42.8 Å². The molecule has 1 amide bonds. The number of carbonyl (C=O) groups excluding carboxylic acids is 1. The van der Waals surface area contributed by atoms with Crippen LogP contribution in [-0.4, -0.2) is 25.2 Å². The van der Waals surface area contributed by atoms with Gasteiger partial charge in [0, 0.05) is 0 Å². The van der Waals surface area contributed by atoms with Gasteiger partial charge in [0.1, 0.15) is 23.9 Å². The lowest BCUT2D eigenvalue weighted by Gasteiger charge is -2.17. The highest BCUT2D eigenvalue weighted by atomic mass is 19.1. The van der Waals surface area contributed by atoms with Gasteiger partial charge in [-0.2, -0.15) is 0 Å². The Morgan fingerprint density at radius 3 is 2.43 bits per heavy atom. The third kappa shape index (κ3) is 5.62. The number of nitrogens with one attached hydrogen (secondary N) is 1. The molecular formula is C18H20FNO3. The van der Waals surface area contributed by atoms with E-state index in [0.29, 0.717) is 25.3 Å². The fourth-order valence-electron chi connectivity index (χ4n) is 1.97. The van der Waals surface area contributed by atoms with E-state index in [4.69, 9.17) is 9.47 Å². The van der Waals surface area contributed by atoms with Crippen LogP contribution in [0.4, 0.5) is 4.39 Å². The highest BCUT2D eigenvalue weighted by Crippen LogP contribution is 2.14. The Hall–Kier alpha value is -2.56. The Balaban J connectivity index is 1.75. The first-order valence-electron chi connectivity index (χ1n) is 7.57. The number of hydrogen-bond acceptors (Lipinski definition) is 3. The maximum absolute atomic E-state index is 12.9. The largest absolute Gasteiger partial charge is 0.492 e. The molecule has 0 heterocycles. The van der Waals surface area contributed by atoms with Gasteiger partial charge in [-0.3, -0.25) is 4.79 Å². The molecule has 2 rings (SSSR count). The van der Waals surface area contributed by atoms with Crippen LogP contribution in [0.15, 0.2) is 54.6 Å². The van der Waals surface area contributed by atoms with Crippen molar-refractivity contribution in [2.45, 2.75) is 19.4 Å². The summed E-state index contributed by atoms with van der Waals surface area (Å²) in [5.74, 6) is 0.673. The molecule has 0 bridgehead atoms. The molecule has 5 heteroatoms. The summed E-state index contributed by atoms with van der Waals surface area (Å²) in [7, 11) is 0. The number of rotatable bonds is 8. The van der Waals surface area contributed by atoms with E-state index in [-0.39, 0.29) is 11.7 Å². The number of benzene rings is 2. The van der Waals surface area contributed by atoms with Crippen molar-refractivity contribution in [3.63, 3.8) is 0 Å². The van der Waals surface area contributed by atoms with Crippen LogP contribution in [0, 0.1) is 5.82 Å². The summed E-state index contributed by atoms with van der Waals surface area (Å²) >= 11 is 0. The molecule has 0 spiro atoms. The summed E-state index contributed by atoms with van der Waals surface area (Å²) in [5, 5.41) is 2.77. The van der Waals surface area contributed by atoms with Gasteiger partial charge in [0.2, 0.25) is 0 Å². The van der Waals surface area contributed by atoms with E-state index in [2.05, 4.69) is 5.32 Å². The fourth-order valence-corrected chi connectivity index (χ4v) is 1.97. The Bertz CT molecular complexity index is 601. The van der Waals surface area contributed by atoms with Crippen molar-refractivity contribution >= 4 is 5.91 Å². The molecule has 1 N–H and O–H groups in total. The van der Waals surface area contributed by atoms with Gasteiger partial charge in [-0.15, -0.1) is 0 Å². The first-order chi connectivity index (χ1) is 11.2. The second kappa shape index (κ2) is 8.78. The molecule has 0 fully saturated rings. The quantitative estimate of drug-likeness (QED) is 0.761. The monoisotopic (exact) mass is 317 g/mol. The summed E-state index contributed by atoms with van der Waals surface area (Å²) in [6, 6.07) is 15.0. The van der Waals surface area contributed by atoms with Crippen molar-refractivity contribution in [2.75, 3.05) is 13.2 Å². The third-order valence-corrected chi connectivity index (χ3v) is 3.17. The first-order valence-corrected chi connectivity index (χ1v) is 7.57. The molecule has 0 saturated heterocycles. The summed E-state index contributed by atoms with van der Waals surface area (Å²) in [5.41, 5.74) is 0. The molecule has 0 aromatic heterocycles. The maximum Gasteiger partial charge on any atom is 0.261 e. The number of halogens is 1. The molecule has 0 aliphatic heterocycles. The second-order valence-corrected chi connectivity index (χ2v) is 4.92. The van der Waals surface area contributed by atoms with Crippen LogP contribution in [0.3, 0.4) is 0 Å². The van der Waals surface area contributed by atoms with Gasteiger partial charge in [0.05, 0.1) is 6.54 Å². The van der Waals surface area contributed by atoms with Crippen LogP contribution in [0.5, 0.6) is 11.5 Å². The van der Waals surface area contributed by atoms with E-state index in [1.165, 1.54) is 24.3 Å². The van der Waals surface area contributed by atoms with E-state index in [9.17, 15) is 9.18 Å². The van der Waals surface area contributed by atoms with E-state index in [0.717, 1.165) is 5.75 Å². The molecule has 0 radical (unpaired) electrons. The number of carbonyl (C=O) groups is 1. The zero-order chi connectivity index (χ0) is 16.5. The molecule has 122 valence electrons. The first kappa shape index (κ1) is 16.8. The second-order valence-electron chi connectivity index (χ2n) is 4.92. The zero-order valence-corrected chi connectivity index (χ0v) is 13.0. The average Bonchev–Trinajstić information content (AvgIpc) is 2.59. The van der Waals surface area contributed by atoms with Crippen molar-refractivity contribution in [2.24, 2.45) is 0 Å². The maximum atomic E-state index is 12.9. The van der Waals surface area contributed by atoms with Crippen LogP contribution in [-0.2, 0) is 4.79 Å². The van der Waals surface area contributed by atoms with Gasteiger partial charge in [0.25, 0.3) is 5.91 Å². The van der Waals surface area contributed by atoms with Crippen molar-refractivity contribution in [1.82, 2.24) is 5.32 Å². The van der Waals surface area contributed by atoms with Crippen LogP contribution < -0.4 is 14.8 Å². The van der Waals surface area contributed by atoms with Gasteiger partial charge >= 0.3 is 0 Å². The minimum atomic E-state index is -0.614. The van der Waals surface area contributed by atoms with Crippen LogP contribution in [0.1, 0.15) is 13.3 Å². The molecule has 0 saturated carbocycles. The molecule has 2 aromatic rings. The summed E-state index contributed by atoms with van der Waals surface area (Å²) in [6.45, 7) is 2.62. The third-order valence-electron chi connectivity index (χ3n) is 3.17. The van der Waals surface area contributed by atoms with Crippen molar-refractivity contribution in [1.29, 1.82) is 0 Å². The summed E-state index contributed by atoms with van der Waals surface area (Å²) < 4.78 is 23.9. The summed E-state index contributed by atoms with van der Waals surface area (Å²) in [6.07, 6.45) is -0.0971. The predicted octanol–water partition coefficient (Wildman–Crippen LogP) is 3.18. The molecule has 0 aliphatic rings. The van der Waals surface area contributed by atoms with Crippen LogP contribution in [0.2, 0.25) is 0 Å². The van der Waals surface area contributed by atoms with Crippen molar-refractivity contribution in [3.05, 3.63) is 60.4 Å². The minimum Gasteiger partial charge on any atom is -0.492 e. The highest BCUT2D eigenvalue weighted by Gasteiger charge is 2.17. The normalized spacial score (nSPS) is 11.6. The van der Waals surface area contributed by atoms with Crippen molar-refractivity contribution in [3.8, 4) is 11.5 Å². The van der Waals surface area contributed by atoms with Gasteiger partial charge < -0.3 is 14.8 Å². The highest BCUT2D eigenvalue weighted by molar-refractivity contribution is 5.81. The lowest BCUT2D eigenvalue weighted by Crippen LogP contribution is -2.39. The molecule has 1 unspecified atom stereocenters. The van der Waals surface area contributed by atoms with E-state index in [1.807, 2.05) is 37.3 Å². The Morgan fingerprint density at radius 2 is 1.78 bits per heavy atom. The van der Waals surface area contributed by atoms with Crippen LogP contribution >= 0.6 is 0 Å². The molecule has 1 atom stereocenters. The number of para-hydroxylation sites is 1. The minimum absolute atomic E-state index is 0.214. The number of hydrogen-bond donors (Lipinski definition) is 1. The molecule has 2 aromatic carbocycles. The number of ether oxygens (including phenoxy) is 2. The standard InChI is InChI=1S/C18H20FNO3/c1-2-17(23-16-10-8-14(19)9-11-16)18(21)20-12-13-22-15-6-4-3-5-7-15/h3-11,17H,2,12-13H2,1H3,(H,20,21). The Kier molecular flexibility index (Phi) is 6.41. The average molecular weight is 317 g/mol. The SMILES string of the molecule is CCC(Oc1ccc(F)cc1)C(=O)NCCOc1ccccc1. The topological polar surface area (TPSA) is 47.6 Å². The molecule has 0 aliphatic carbocycles. The smallest absolute Gasteiger partial charge is 0.261 e. The van der Waals surface area contributed by atoms with E-state index in [1.54, 1.807) is 0 Å². The number of amides is 1. The molecule has 23 heavy (non-hydrogen) atoms. The summed E-state index contributed by atoms with van der Waals surface area (Å²) in [4.78, 5) is 12.1. The van der Waals surface area contributed by atoms with E-state index >= 15 is 0 Å². The zero-order valence-electron chi connectivity index (χ0n) is 13.0.